The molecule has 5 nitrogen and oxygen atoms in total. The second kappa shape index (κ2) is 8.57. The summed E-state index contributed by atoms with van der Waals surface area (Å²) in [5.74, 6) is 0.0839. The molecule has 2 aromatic rings. The van der Waals surface area contributed by atoms with Crippen LogP contribution in [0.15, 0.2) is 47.4 Å². The van der Waals surface area contributed by atoms with E-state index in [1.807, 2.05) is 32.0 Å². The van der Waals surface area contributed by atoms with Crippen molar-refractivity contribution in [3.8, 4) is 0 Å². The van der Waals surface area contributed by atoms with Crippen LogP contribution in [0.5, 0.6) is 0 Å². The summed E-state index contributed by atoms with van der Waals surface area (Å²) in [7, 11) is -3.65. The number of amides is 1. The minimum absolute atomic E-state index is 0.0839. The van der Waals surface area contributed by atoms with Gasteiger partial charge in [0, 0.05) is 12.2 Å². The molecule has 1 saturated carbocycles. The molecule has 6 heteroatoms. The van der Waals surface area contributed by atoms with Gasteiger partial charge in [-0.15, -0.1) is 0 Å². The van der Waals surface area contributed by atoms with Gasteiger partial charge in [0.1, 0.15) is 0 Å². The number of rotatable bonds is 8. The van der Waals surface area contributed by atoms with E-state index >= 15 is 0 Å². The van der Waals surface area contributed by atoms with Gasteiger partial charge in [-0.2, -0.15) is 0 Å². The van der Waals surface area contributed by atoms with Crippen LogP contribution >= 0.6 is 0 Å². The maximum absolute atomic E-state index is 12.8. The summed E-state index contributed by atoms with van der Waals surface area (Å²) >= 11 is 0. The lowest BCUT2D eigenvalue weighted by Crippen LogP contribution is -2.49. The molecule has 3 rings (SSSR count). The van der Waals surface area contributed by atoms with Gasteiger partial charge in [-0.05, 0) is 74.1 Å². The Bertz CT molecular complexity index is 978. The molecule has 1 aliphatic rings. The zero-order chi connectivity index (χ0) is 21.1. The first-order valence-corrected chi connectivity index (χ1v) is 11.8. The highest BCUT2D eigenvalue weighted by atomic mass is 32.2. The molecule has 2 N–H and O–H groups in total. The third-order valence-electron chi connectivity index (χ3n) is 5.94. The van der Waals surface area contributed by atoms with Crippen molar-refractivity contribution in [3.63, 3.8) is 0 Å². The van der Waals surface area contributed by atoms with E-state index in [1.165, 1.54) is 0 Å². The first-order valence-electron chi connectivity index (χ1n) is 10.3. The molecule has 0 aromatic heterocycles. The van der Waals surface area contributed by atoms with Crippen LogP contribution in [-0.4, -0.2) is 20.9 Å². The smallest absolute Gasteiger partial charge is 0.261 e. The average Bonchev–Trinajstić information content (AvgIpc) is 2.64. The van der Waals surface area contributed by atoms with Gasteiger partial charge in [0.05, 0.1) is 10.3 Å². The molecular formula is C23H30N2O3S. The Kier molecular flexibility index (Phi) is 6.32. The summed E-state index contributed by atoms with van der Waals surface area (Å²) in [4.78, 5) is 13.0. The fourth-order valence-corrected chi connectivity index (χ4v) is 4.82. The maximum atomic E-state index is 12.8. The Hall–Kier alpha value is -2.34. The van der Waals surface area contributed by atoms with Gasteiger partial charge >= 0.3 is 0 Å². The Morgan fingerprint density at radius 2 is 1.72 bits per heavy atom. The highest BCUT2D eigenvalue weighted by Crippen LogP contribution is 2.44. The van der Waals surface area contributed by atoms with Crippen LogP contribution in [0.25, 0.3) is 0 Å². The van der Waals surface area contributed by atoms with Crippen molar-refractivity contribution >= 4 is 21.6 Å². The third-order valence-corrected chi connectivity index (χ3v) is 7.31. The second-order valence-corrected chi connectivity index (χ2v) is 9.66. The molecule has 0 saturated heterocycles. The van der Waals surface area contributed by atoms with Crippen LogP contribution in [0.1, 0.15) is 55.7 Å². The lowest BCUT2D eigenvalue weighted by atomic mass is 9.64. The van der Waals surface area contributed by atoms with Crippen molar-refractivity contribution < 1.29 is 13.2 Å². The number of nitrogens with one attached hydrogen (secondary N) is 2. The summed E-state index contributed by atoms with van der Waals surface area (Å²) in [5.41, 5.74) is 2.96. The quantitative estimate of drug-likeness (QED) is 0.627. The fourth-order valence-electron chi connectivity index (χ4n) is 3.68. The molecule has 0 unspecified atom stereocenters. The van der Waals surface area contributed by atoms with E-state index in [4.69, 9.17) is 0 Å². The Morgan fingerprint density at radius 3 is 2.28 bits per heavy atom. The first-order chi connectivity index (χ1) is 13.8. The van der Waals surface area contributed by atoms with Crippen molar-refractivity contribution in [2.75, 3.05) is 11.3 Å². The molecule has 0 atom stereocenters. The van der Waals surface area contributed by atoms with E-state index in [0.29, 0.717) is 12.2 Å². The highest BCUT2D eigenvalue weighted by molar-refractivity contribution is 7.92. The Morgan fingerprint density at radius 1 is 1.03 bits per heavy atom. The number of sulfonamides is 1. The number of hydrogen-bond donors (Lipinski definition) is 2. The number of carbonyl (C=O) groups excluding carboxylic acids is 1. The topological polar surface area (TPSA) is 75.3 Å². The molecule has 1 amide bonds. The third kappa shape index (κ3) is 4.47. The molecule has 2 aromatic carbocycles. The minimum atomic E-state index is -3.65. The normalized spacial score (nSPS) is 15.4. The lowest BCUT2D eigenvalue weighted by Gasteiger charge is -2.40. The first kappa shape index (κ1) is 21.4. The highest BCUT2D eigenvalue weighted by Gasteiger charge is 2.45. The lowest BCUT2D eigenvalue weighted by molar-refractivity contribution is -0.129. The second-order valence-electron chi connectivity index (χ2n) is 7.97. The van der Waals surface area contributed by atoms with Gasteiger partial charge in [-0.25, -0.2) is 8.42 Å². The van der Waals surface area contributed by atoms with Gasteiger partial charge in [0.2, 0.25) is 5.91 Å². The molecular weight excluding hydrogens is 384 g/mol. The van der Waals surface area contributed by atoms with Crippen molar-refractivity contribution in [2.45, 2.75) is 63.2 Å². The van der Waals surface area contributed by atoms with Crippen LogP contribution in [-0.2, 0) is 20.2 Å². The van der Waals surface area contributed by atoms with Crippen molar-refractivity contribution in [3.05, 3.63) is 59.2 Å². The SMILES string of the molecule is CCCCNC(=O)C1(c2ccc(NS(=O)(=O)c3ccc(C)c(C)c3)cc2)CCC1. The van der Waals surface area contributed by atoms with E-state index in [9.17, 15) is 13.2 Å². The maximum Gasteiger partial charge on any atom is 0.261 e. The van der Waals surface area contributed by atoms with Gasteiger partial charge in [-0.1, -0.05) is 38.0 Å². The Balaban J connectivity index is 1.75. The predicted octanol–water partition coefficient (Wildman–Crippen LogP) is 4.44. The summed E-state index contributed by atoms with van der Waals surface area (Å²) in [5, 5.41) is 3.06. The fraction of sp³-hybridized carbons (Fsp3) is 0.435. The molecule has 0 aliphatic heterocycles. The zero-order valence-corrected chi connectivity index (χ0v) is 18.2. The van der Waals surface area contributed by atoms with E-state index in [-0.39, 0.29) is 10.8 Å². The predicted molar refractivity (Wildman–Crippen MR) is 117 cm³/mol. The van der Waals surface area contributed by atoms with Crippen molar-refractivity contribution in [1.29, 1.82) is 0 Å². The summed E-state index contributed by atoms with van der Waals surface area (Å²) in [6.07, 6.45) is 4.71. The minimum Gasteiger partial charge on any atom is -0.355 e. The molecule has 1 aliphatic carbocycles. The van der Waals surface area contributed by atoms with Gasteiger partial charge in [-0.3, -0.25) is 9.52 Å². The van der Waals surface area contributed by atoms with Crippen molar-refractivity contribution in [1.82, 2.24) is 5.32 Å². The zero-order valence-electron chi connectivity index (χ0n) is 17.4. The van der Waals surface area contributed by atoms with Gasteiger partial charge in [0.15, 0.2) is 0 Å². The van der Waals surface area contributed by atoms with Crippen LogP contribution in [0.4, 0.5) is 5.69 Å². The molecule has 0 bridgehead atoms. The number of carbonyl (C=O) groups is 1. The molecule has 1 fully saturated rings. The average molecular weight is 415 g/mol. The van der Waals surface area contributed by atoms with E-state index in [1.54, 1.807) is 24.3 Å². The molecule has 0 spiro atoms. The molecule has 0 radical (unpaired) electrons. The number of unbranched alkanes of at least 4 members (excludes halogenated alkanes) is 1. The summed E-state index contributed by atoms with van der Waals surface area (Å²) in [6.45, 7) is 6.65. The number of anilines is 1. The summed E-state index contributed by atoms with van der Waals surface area (Å²) in [6, 6.07) is 12.3. The number of benzene rings is 2. The summed E-state index contributed by atoms with van der Waals surface area (Å²) < 4.78 is 28.0. The van der Waals surface area contributed by atoms with Gasteiger partial charge < -0.3 is 5.32 Å². The van der Waals surface area contributed by atoms with Gasteiger partial charge in [0.25, 0.3) is 10.0 Å². The number of aryl methyl sites for hydroxylation is 2. The largest absolute Gasteiger partial charge is 0.355 e. The van der Waals surface area contributed by atoms with E-state index in [0.717, 1.165) is 48.8 Å². The van der Waals surface area contributed by atoms with Crippen molar-refractivity contribution in [2.24, 2.45) is 0 Å². The monoisotopic (exact) mass is 414 g/mol. The standard InChI is InChI=1S/C23H30N2O3S/c1-4-5-15-24-22(26)23(13-6-14-23)19-8-10-20(11-9-19)25-29(27,28)21-12-7-17(2)18(3)16-21/h7-12,16,25H,4-6,13-15H2,1-3H3,(H,24,26). The van der Waals surface area contributed by atoms with Crippen LogP contribution < -0.4 is 10.0 Å². The van der Waals surface area contributed by atoms with Crippen LogP contribution in [0, 0.1) is 13.8 Å². The van der Waals surface area contributed by atoms with E-state index < -0.39 is 15.4 Å². The van der Waals surface area contributed by atoms with Crippen LogP contribution in [0.2, 0.25) is 0 Å². The van der Waals surface area contributed by atoms with Crippen LogP contribution in [0.3, 0.4) is 0 Å². The number of hydrogen-bond acceptors (Lipinski definition) is 3. The molecule has 0 heterocycles. The Labute approximate surface area is 174 Å². The molecule has 29 heavy (non-hydrogen) atoms. The molecule has 156 valence electrons. The van der Waals surface area contributed by atoms with E-state index in [2.05, 4.69) is 17.0 Å².